The molecule has 1 heterocycles. The van der Waals surface area contributed by atoms with Crippen molar-refractivity contribution in [3.8, 4) is 17.2 Å². The predicted octanol–water partition coefficient (Wildman–Crippen LogP) is 2.25. The Bertz CT molecular complexity index is 509. The first-order valence-corrected chi connectivity index (χ1v) is 7.67. The number of aliphatic hydroxyl groups is 1. The third-order valence-electron chi connectivity index (χ3n) is 3.99. The first-order valence-electron chi connectivity index (χ1n) is 6.88. The molecule has 0 radical (unpaired) electrons. The van der Waals surface area contributed by atoms with E-state index in [9.17, 15) is 5.11 Å². The van der Waals surface area contributed by atoms with Crippen LogP contribution in [0, 0.1) is 0 Å². The Morgan fingerprint density at radius 2 is 1.86 bits per heavy atom. The highest BCUT2D eigenvalue weighted by Gasteiger charge is 2.33. The van der Waals surface area contributed by atoms with Gasteiger partial charge in [0, 0.05) is 24.1 Å². The van der Waals surface area contributed by atoms with E-state index < -0.39 is 6.10 Å². The van der Waals surface area contributed by atoms with Gasteiger partial charge >= 0.3 is 0 Å². The van der Waals surface area contributed by atoms with E-state index in [-0.39, 0.29) is 5.92 Å². The van der Waals surface area contributed by atoms with Crippen LogP contribution < -0.4 is 14.2 Å². The normalized spacial score (nSPS) is 23.0. The Morgan fingerprint density at radius 1 is 1.19 bits per heavy atom. The lowest BCUT2D eigenvalue weighted by atomic mass is 9.86. The molecule has 0 spiro atoms. The van der Waals surface area contributed by atoms with Crippen molar-refractivity contribution >= 4 is 15.9 Å². The molecule has 1 aliphatic heterocycles. The molecule has 2 unspecified atom stereocenters. The highest BCUT2D eigenvalue weighted by atomic mass is 79.9. The van der Waals surface area contributed by atoms with E-state index in [0.29, 0.717) is 23.8 Å². The number of ether oxygens (including phenoxy) is 3. The summed E-state index contributed by atoms with van der Waals surface area (Å²) >= 11 is 3.52. The molecule has 2 rings (SSSR count). The molecule has 0 aliphatic carbocycles. The number of halogens is 1. The van der Waals surface area contributed by atoms with Gasteiger partial charge in [0.1, 0.15) is 21.7 Å². The zero-order valence-corrected chi connectivity index (χ0v) is 14.4. The van der Waals surface area contributed by atoms with Crippen molar-refractivity contribution in [1.82, 2.24) is 4.90 Å². The number of hydrogen-bond acceptors (Lipinski definition) is 5. The Balaban J connectivity index is 2.53. The number of likely N-dealkylation sites (N-methyl/N-ethyl adjacent to an activating group) is 1. The van der Waals surface area contributed by atoms with Crippen LogP contribution in [-0.2, 0) is 0 Å². The van der Waals surface area contributed by atoms with Gasteiger partial charge in [-0.3, -0.25) is 0 Å². The number of likely N-dealkylation sites (tertiary alicyclic amines) is 1. The van der Waals surface area contributed by atoms with Crippen molar-refractivity contribution < 1.29 is 19.3 Å². The minimum atomic E-state index is -0.452. The summed E-state index contributed by atoms with van der Waals surface area (Å²) < 4.78 is 17.1. The van der Waals surface area contributed by atoms with Crippen LogP contribution in [0.15, 0.2) is 10.5 Å². The fourth-order valence-electron chi connectivity index (χ4n) is 2.90. The number of hydrogen-bond donors (Lipinski definition) is 1. The SMILES string of the molecule is COc1cc(OC)c(C2CCN(C)CC2O)c(OC)c1Br. The summed E-state index contributed by atoms with van der Waals surface area (Å²) in [5.41, 5.74) is 0.897. The summed E-state index contributed by atoms with van der Waals surface area (Å²) in [6, 6.07) is 1.83. The molecule has 1 aromatic rings. The zero-order valence-electron chi connectivity index (χ0n) is 12.9. The summed E-state index contributed by atoms with van der Waals surface area (Å²) in [7, 11) is 6.84. The predicted molar refractivity (Wildman–Crippen MR) is 84.7 cm³/mol. The van der Waals surface area contributed by atoms with Crippen LogP contribution in [0.25, 0.3) is 0 Å². The van der Waals surface area contributed by atoms with Crippen molar-refractivity contribution in [1.29, 1.82) is 0 Å². The molecule has 1 fully saturated rings. The summed E-state index contributed by atoms with van der Waals surface area (Å²) in [6.45, 7) is 1.57. The molecule has 1 aliphatic rings. The van der Waals surface area contributed by atoms with Crippen molar-refractivity contribution in [3.63, 3.8) is 0 Å². The summed E-state index contributed by atoms with van der Waals surface area (Å²) in [4.78, 5) is 2.12. The van der Waals surface area contributed by atoms with Crippen LogP contribution in [0.4, 0.5) is 0 Å². The number of benzene rings is 1. The third kappa shape index (κ3) is 3.12. The third-order valence-corrected chi connectivity index (χ3v) is 4.74. The smallest absolute Gasteiger partial charge is 0.144 e. The Morgan fingerprint density at radius 3 is 2.38 bits per heavy atom. The van der Waals surface area contributed by atoms with Crippen LogP contribution in [0.2, 0.25) is 0 Å². The second-order valence-corrected chi connectivity index (χ2v) is 6.06. The molecule has 118 valence electrons. The molecular weight excluding hydrogens is 338 g/mol. The average molecular weight is 360 g/mol. The van der Waals surface area contributed by atoms with Gasteiger partial charge in [-0.15, -0.1) is 0 Å². The molecule has 6 heteroatoms. The topological polar surface area (TPSA) is 51.2 Å². The molecule has 1 aromatic carbocycles. The summed E-state index contributed by atoms with van der Waals surface area (Å²) in [5.74, 6) is 1.98. The maximum atomic E-state index is 10.5. The van der Waals surface area contributed by atoms with Gasteiger partial charge in [-0.25, -0.2) is 0 Å². The number of nitrogens with zero attached hydrogens (tertiary/aromatic N) is 1. The number of aliphatic hydroxyl groups excluding tert-OH is 1. The zero-order chi connectivity index (χ0) is 15.6. The molecular formula is C15H22BrNO4. The quantitative estimate of drug-likeness (QED) is 0.893. The molecule has 0 aromatic heterocycles. The maximum absolute atomic E-state index is 10.5. The molecule has 0 bridgehead atoms. The number of β-amino-alcohol motifs (C(OH)–C–C–N with tert-alkyl or cyclic N) is 1. The van der Waals surface area contributed by atoms with Crippen molar-refractivity contribution in [3.05, 3.63) is 16.1 Å². The van der Waals surface area contributed by atoms with Crippen molar-refractivity contribution in [2.24, 2.45) is 0 Å². The largest absolute Gasteiger partial charge is 0.496 e. The van der Waals surface area contributed by atoms with Gasteiger partial charge in [-0.2, -0.15) is 0 Å². The van der Waals surface area contributed by atoms with E-state index in [4.69, 9.17) is 14.2 Å². The number of methoxy groups -OCH3 is 3. The van der Waals surface area contributed by atoms with E-state index in [1.807, 2.05) is 13.1 Å². The van der Waals surface area contributed by atoms with E-state index in [1.165, 1.54) is 0 Å². The minimum absolute atomic E-state index is 0.0201. The lowest BCUT2D eigenvalue weighted by Crippen LogP contribution is -2.40. The first-order chi connectivity index (χ1) is 10.0. The molecule has 21 heavy (non-hydrogen) atoms. The van der Waals surface area contributed by atoms with Gasteiger partial charge in [0.15, 0.2) is 0 Å². The lowest BCUT2D eigenvalue weighted by Gasteiger charge is -2.35. The van der Waals surface area contributed by atoms with E-state index in [1.54, 1.807) is 21.3 Å². The van der Waals surface area contributed by atoms with Gasteiger partial charge < -0.3 is 24.2 Å². The molecule has 0 saturated carbocycles. The monoisotopic (exact) mass is 359 g/mol. The summed E-state index contributed by atoms with van der Waals surface area (Å²) in [5, 5.41) is 10.5. The minimum Gasteiger partial charge on any atom is -0.496 e. The Hall–Kier alpha value is -0.980. The van der Waals surface area contributed by atoms with Crippen molar-refractivity contribution in [2.45, 2.75) is 18.4 Å². The highest BCUT2D eigenvalue weighted by Crippen LogP contribution is 2.48. The van der Waals surface area contributed by atoms with Crippen LogP contribution in [-0.4, -0.2) is 57.6 Å². The second-order valence-electron chi connectivity index (χ2n) is 5.27. The molecule has 1 saturated heterocycles. The number of rotatable bonds is 4. The molecule has 0 amide bonds. The summed E-state index contributed by atoms with van der Waals surface area (Å²) in [6.07, 6.45) is 0.398. The fraction of sp³-hybridized carbons (Fsp3) is 0.600. The first kappa shape index (κ1) is 16.4. The molecule has 5 nitrogen and oxygen atoms in total. The van der Waals surface area contributed by atoms with Gasteiger partial charge in [0.25, 0.3) is 0 Å². The molecule has 2 atom stereocenters. The van der Waals surface area contributed by atoms with Crippen molar-refractivity contribution in [2.75, 3.05) is 41.5 Å². The Labute approximate surface area is 133 Å². The Kier molecular flexibility index (Phi) is 5.35. The van der Waals surface area contributed by atoms with Gasteiger partial charge in [0.2, 0.25) is 0 Å². The van der Waals surface area contributed by atoms with Crippen LogP contribution in [0.5, 0.6) is 17.2 Å². The highest BCUT2D eigenvalue weighted by molar-refractivity contribution is 9.10. The van der Waals surface area contributed by atoms with E-state index in [0.717, 1.165) is 23.0 Å². The van der Waals surface area contributed by atoms with Crippen LogP contribution in [0.1, 0.15) is 17.9 Å². The number of piperidine rings is 1. The fourth-order valence-corrected chi connectivity index (χ4v) is 3.55. The lowest BCUT2D eigenvalue weighted by molar-refractivity contribution is 0.0619. The maximum Gasteiger partial charge on any atom is 0.144 e. The molecule has 1 N–H and O–H groups in total. The van der Waals surface area contributed by atoms with E-state index >= 15 is 0 Å². The van der Waals surface area contributed by atoms with Crippen LogP contribution in [0.3, 0.4) is 0 Å². The van der Waals surface area contributed by atoms with Gasteiger partial charge in [0.05, 0.1) is 27.4 Å². The second kappa shape index (κ2) is 6.85. The van der Waals surface area contributed by atoms with Gasteiger partial charge in [-0.05, 0) is 35.9 Å². The van der Waals surface area contributed by atoms with E-state index in [2.05, 4.69) is 20.8 Å². The standard InChI is InChI=1S/C15H22BrNO4/c1-17-6-5-9(10(18)8-17)13-11(19-2)7-12(20-3)14(16)15(13)21-4/h7,9-10,18H,5-6,8H2,1-4H3. The van der Waals surface area contributed by atoms with Gasteiger partial charge in [-0.1, -0.05) is 0 Å². The van der Waals surface area contributed by atoms with Crippen LogP contribution >= 0.6 is 15.9 Å². The average Bonchev–Trinajstić information content (AvgIpc) is 2.47.